The molecule has 1 aliphatic rings. The van der Waals surface area contributed by atoms with Crippen LogP contribution < -0.4 is 4.90 Å². The highest BCUT2D eigenvalue weighted by Crippen LogP contribution is 2.27. The zero-order valence-electron chi connectivity index (χ0n) is 20.7. The van der Waals surface area contributed by atoms with Gasteiger partial charge in [-0.2, -0.15) is 9.29 Å². The van der Waals surface area contributed by atoms with Crippen molar-refractivity contribution in [2.75, 3.05) is 31.1 Å². The maximum Gasteiger partial charge on any atom is 0.243 e. The fourth-order valence-corrected chi connectivity index (χ4v) is 6.19. The third kappa shape index (κ3) is 4.54. The third-order valence-corrected chi connectivity index (χ3v) is 8.56. The van der Waals surface area contributed by atoms with Crippen molar-refractivity contribution in [3.05, 3.63) is 90.1 Å². The number of para-hydroxylation sites is 2. The smallest absolute Gasteiger partial charge is 0.243 e. The minimum atomic E-state index is -3.72. The first-order chi connectivity index (χ1) is 18.4. The van der Waals surface area contributed by atoms with Gasteiger partial charge in [0.2, 0.25) is 27.7 Å². The number of rotatable bonds is 6. The Morgan fingerprint density at radius 3 is 2.42 bits per heavy atom. The van der Waals surface area contributed by atoms with Gasteiger partial charge in [-0.3, -0.25) is 0 Å². The lowest BCUT2D eigenvalue weighted by atomic mass is 10.2. The van der Waals surface area contributed by atoms with E-state index in [0.717, 1.165) is 22.5 Å². The Balaban J connectivity index is 1.24. The van der Waals surface area contributed by atoms with Gasteiger partial charge in [-0.15, -0.1) is 0 Å². The number of sulfonamides is 1. The van der Waals surface area contributed by atoms with Crippen molar-refractivity contribution >= 4 is 27.0 Å². The molecule has 9 nitrogen and oxygen atoms in total. The highest BCUT2D eigenvalue weighted by molar-refractivity contribution is 7.89. The molecular formula is C27H25FN6O3S. The molecule has 11 heteroatoms. The number of nitrogens with zero attached hydrogens (tertiary/aromatic N) is 6. The number of hydrogen-bond donors (Lipinski definition) is 0. The van der Waals surface area contributed by atoms with Gasteiger partial charge in [0.15, 0.2) is 0 Å². The summed E-state index contributed by atoms with van der Waals surface area (Å²) in [6, 6.07) is 20.9. The van der Waals surface area contributed by atoms with Gasteiger partial charge in [0.1, 0.15) is 5.82 Å². The van der Waals surface area contributed by atoms with E-state index in [-0.39, 0.29) is 10.7 Å². The molecule has 0 N–H and O–H groups in total. The molecule has 38 heavy (non-hydrogen) atoms. The number of aryl methyl sites for hydroxylation is 1. The summed E-state index contributed by atoms with van der Waals surface area (Å²) in [5.41, 5.74) is 3.35. The Hall–Kier alpha value is -4.09. The highest BCUT2D eigenvalue weighted by atomic mass is 32.2. The minimum absolute atomic E-state index is 0.189. The van der Waals surface area contributed by atoms with Crippen molar-refractivity contribution in [3.8, 4) is 11.4 Å². The number of benzene rings is 3. The van der Waals surface area contributed by atoms with Crippen LogP contribution in [0.3, 0.4) is 0 Å². The van der Waals surface area contributed by atoms with Gasteiger partial charge in [-0.05, 0) is 42.0 Å². The summed E-state index contributed by atoms with van der Waals surface area (Å²) in [5, 5.41) is 3.90. The van der Waals surface area contributed by atoms with Crippen LogP contribution in [0.4, 0.5) is 10.3 Å². The number of anilines is 1. The van der Waals surface area contributed by atoms with Gasteiger partial charge in [0.25, 0.3) is 0 Å². The Bertz CT molecular complexity index is 1710. The molecule has 0 bridgehead atoms. The first-order valence-corrected chi connectivity index (χ1v) is 13.7. The summed E-state index contributed by atoms with van der Waals surface area (Å²) in [7, 11) is -3.72. The Labute approximate surface area is 219 Å². The van der Waals surface area contributed by atoms with Gasteiger partial charge >= 0.3 is 0 Å². The molecule has 0 amide bonds. The molecule has 3 aromatic carbocycles. The monoisotopic (exact) mass is 532 g/mol. The van der Waals surface area contributed by atoms with Gasteiger partial charge in [-0.1, -0.05) is 41.6 Å². The molecule has 6 rings (SSSR count). The number of fused-ring (bicyclic) bond motifs is 1. The molecule has 1 saturated heterocycles. The van der Waals surface area contributed by atoms with E-state index in [1.807, 2.05) is 24.3 Å². The molecule has 0 atom stereocenters. The number of halogens is 1. The summed E-state index contributed by atoms with van der Waals surface area (Å²) < 4.78 is 49.1. The lowest BCUT2D eigenvalue weighted by Gasteiger charge is -2.34. The second-order valence-electron chi connectivity index (χ2n) is 9.17. The summed E-state index contributed by atoms with van der Waals surface area (Å²) in [5.74, 6) is 1.25. The first-order valence-electron chi connectivity index (χ1n) is 12.2. The van der Waals surface area contributed by atoms with Crippen molar-refractivity contribution in [1.29, 1.82) is 0 Å². The molecule has 0 unspecified atom stereocenters. The second-order valence-corrected chi connectivity index (χ2v) is 11.1. The SMILES string of the molecule is Cc1nc(-c2cccc(S(=O)(=O)N3CCN(c4nc5ccccc5n4Cc4ccc(F)cc4)CC3)c2)no1. The van der Waals surface area contributed by atoms with Crippen molar-refractivity contribution in [2.45, 2.75) is 18.4 Å². The molecule has 1 aliphatic heterocycles. The second kappa shape index (κ2) is 9.66. The molecule has 5 aromatic rings. The van der Waals surface area contributed by atoms with Gasteiger partial charge in [0.05, 0.1) is 22.5 Å². The van der Waals surface area contributed by atoms with E-state index in [9.17, 15) is 12.8 Å². The van der Waals surface area contributed by atoms with E-state index in [1.54, 1.807) is 43.3 Å². The topological polar surface area (TPSA) is 97.4 Å². The standard InChI is InChI=1S/C27H25FN6O3S/c1-19-29-26(31-37-19)21-5-4-6-23(17-21)38(35,36)33-15-13-32(14-16-33)27-30-24-7-2-3-8-25(24)34(27)18-20-9-11-22(28)12-10-20/h2-12,17H,13-16,18H2,1H3. The van der Waals surface area contributed by atoms with E-state index in [2.05, 4.69) is 19.6 Å². The minimum Gasteiger partial charge on any atom is -0.340 e. The van der Waals surface area contributed by atoms with Crippen LogP contribution in [0.2, 0.25) is 0 Å². The number of piperazine rings is 1. The van der Waals surface area contributed by atoms with E-state index in [4.69, 9.17) is 9.51 Å². The maximum absolute atomic E-state index is 13.5. The van der Waals surface area contributed by atoms with Crippen LogP contribution in [0.15, 0.2) is 82.2 Å². The molecule has 194 valence electrons. The lowest BCUT2D eigenvalue weighted by molar-refractivity contribution is 0.381. The van der Waals surface area contributed by atoms with Crippen LogP contribution in [-0.2, 0) is 16.6 Å². The average molecular weight is 533 g/mol. The summed E-state index contributed by atoms with van der Waals surface area (Å²) >= 11 is 0. The molecule has 0 saturated carbocycles. The van der Waals surface area contributed by atoms with Crippen molar-refractivity contribution in [3.63, 3.8) is 0 Å². The van der Waals surface area contributed by atoms with Gasteiger partial charge in [0, 0.05) is 38.7 Å². The fourth-order valence-electron chi connectivity index (χ4n) is 4.72. The van der Waals surface area contributed by atoms with Crippen LogP contribution in [0.5, 0.6) is 0 Å². The van der Waals surface area contributed by atoms with Crippen molar-refractivity contribution in [1.82, 2.24) is 24.0 Å². The van der Waals surface area contributed by atoms with Crippen LogP contribution in [0.25, 0.3) is 22.4 Å². The summed E-state index contributed by atoms with van der Waals surface area (Å²) in [6.45, 7) is 3.80. The fraction of sp³-hybridized carbons (Fsp3) is 0.222. The average Bonchev–Trinajstić information content (AvgIpc) is 3.54. The lowest BCUT2D eigenvalue weighted by Crippen LogP contribution is -2.49. The van der Waals surface area contributed by atoms with E-state index < -0.39 is 10.0 Å². The Kier molecular flexibility index (Phi) is 6.16. The van der Waals surface area contributed by atoms with Gasteiger partial charge in [-0.25, -0.2) is 17.8 Å². The normalized spacial score (nSPS) is 14.8. The Morgan fingerprint density at radius 2 is 1.68 bits per heavy atom. The third-order valence-electron chi connectivity index (χ3n) is 6.67. The van der Waals surface area contributed by atoms with Crippen LogP contribution >= 0.6 is 0 Å². The van der Waals surface area contributed by atoms with Crippen LogP contribution in [-0.4, -0.2) is 58.6 Å². The largest absolute Gasteiger partial charge is 0.340 e. The summed E-state index contributed by atoms with van der Waals surface area (Å²) in [4.78, 5) is 11.4. The quantitative estimate of drug-likeness (QED) is 0.325. The Morgan fingerprint density at radius 1 is 0.921 bits per heavy atom. The molecule has 1 fully saturated rings. The molecule has 0 spiro atoms. The molecule has 0 radical (unpaired) electrons. The molecular weight excluding hydrogens is 507 g/mol. The van der Waals surface area contributed by atoms with Crippen molar-refractivity contribution < 1.29 is 17.3 Å². The first kappa shape index (κ1) is 24.3. The van der Waals surface area contributed by atoms with Crippen LogP contribution in [0, 0.1) is 12.7 Å². The zero-order chi connectivity index (χ0) is 26.3. The number of imidazole rings is 1. The predicted octanol–water partition coefficient (Wildman–Crippen LogP) is 4.09. The highest BCUT2D eigenvalue weighted by Gasteiger charge is 2.30. The molecule has 3 heterocycles. The number of aromatic nitrogens is 4. The van der Waals surface area contributed by atoms with E-state index >= 15 is 0 Å². The van der Waals surface area contributed by atoms with E-state index in [1.165, 1.54) is 16.4 Å². The van der Waals surface area contributed by atoms with Crippen LogP contribution in [0.1, 0.15) is 11.5 Å². The summed E-state index contributed by atoms with van der Waals surface area (Å²) in [6.07, 6.45) is 0. The van der Waals surface area contributed by atoms with E-state index in [0.29, 0.717) is 50.0 Å². The van der Waals surface area contributed by atoms with Crippen molar-refractivity contribution in [2.24, 2.45) is 0 Å². The number of hydrogen-bond acceptors (Lipinski definition) is 7. The molecule has 2 aromatic heterocycles. The van der Waals surface area contributed by atoms with Gasteiger partial charge < -0.3 is 14.0 Å². The molecule has 0 aliphatic carbocycles. The maximum atomic E-state index is 13.5. The zero-order valence-corrected chi connectivity index (χ0v) is 21.5. The predicted molar refractivity (Wildman–Crippen MR) is 141 cm³/mol.